The molecule has 0 unspecified atom stereocenters. The molecule has 1 fully saturated rings. The summed E-state index contributed by atoms with van der Waals surface area (Å²) in [6, 6.07) is 3.20. The molecule has 1 aromatic rings. The standard InChI is InChI=1S/C11H11N3O4/c15-11-5-18-10-4-9(14(16)17)7(3-8(10)13-11)12-6-1-2-6/h3-4,6,12H,1-2,5H2,(H,13,15). The number of nitrogens with one attached hydrogen (secondary N) is 2. The fraction of sp³-hybridized carbons (Fsp3) is 0.364. The van der Waals surface area contributed by atoms with Gasteiger partial charge in [0.1, 0.15) is 5.69 Å². The highest BCUT2D eigenvalue weighted by atomic mass is 16.6. The summed E-state index contributed by atoms with van der Waals surface area (Å²) in [5, 5.41) is 16.7. The zero-order valence-corrected chi connectivity index (χ0v) is 9.43. The van der Waals surface area contributed by atoms with Gasteiger partial charge in [0.15, 0.2) is 12.4 Å². The van der Waals surface area contributed by atoms with Gasteiger partial charge in [0.2, 0.25) is 0 Å². The van der Waals surface area contributed by atoms with Gasteiger partial charge in [-0.25, -0.2) is 0 Å². The van der Waals surface area contributed by atoms with Gasteiger partial charge in [0.05, 0.1) is 16.7 Å². The number of anilines is 2. The third-order valence-corrected chi connectivity index (χ3v) is 2.86. The number of benzene rings is 1. The predicted octanol–water partition coefficient (Wildman–Crippen LogP) is 1.50. The Morgan fingerprint density at radius 2 is 2.22 bits per heavy atom. The lowest BCUT2D eigenvalue weighted by molar-refractivity contribution is -0.384. The SMILES string of the molecule is O=C1COc2cc([N+](=O)[O-])c(NC3CC3)cc2N1. The van der Waals surface area contributed by atoms with E-state index in [1.54, 1.807) is 6.07 Å². The summed E-state index contributed by atoms with van der Waals surface area (Å²) in [5.74, 6) is 0.0800. The molecule has 1 aliphatic heterocycles. The Balaban J connectivity index is 2.01. The number of rotatable bonds is 3. The van der Waals surface area contributed by atoms with Crippen molar-refractivity contribution < 1.29 is 14.5 Å². The number of nitro benzene ring substituents is 1. The van der Waals surface area contributed by atoms with E-state index in [9.17, 15) is 14.9 Å². The van der Waals surface area contributed by atoms with Crippen molar-refractivity contribution in [2.75, 3.05) is 17.2 Å². The molecule has 2 N–H and O–H groups in total. The van der Waals surface area contributed by atoms with Crippen molar-refractivity contribution in [3.05, 3.63) is 22.2 Å². The Labute approximate surface area is 102 Å². The van der Waals surface area contributed by atoms with E-state index in [0.717, 1.165) is 12.8 Å². The van der Waals surface area contributed by atoms with Crippen LogP contribution in [0.2, 0.25) is 0 Å². The molecule has 7 nitrogen and oxygen atoms in total. The zero-order valence-electron chi connectivity index (χ0n) is 9.43. The van der Waals surface area contributed by atoms with E-state index in [1.807, 2.05) is 0 Å². The number of fused-ring (bicyclic) bond motifs is 1. The maximum absolute atomic E-state index is 11.2. The molecule has 1 heterocycles. The van der Waals surface area contributed by atoms with Crippen molar-refractivity contribution >= 4 is 23.0 Å². The van der Waals surface area contributed by atoms with Crippen LogP contribution in [-0.2, 0) is 4.79 Å². The first kappa shape index (κ1) is 10.8. The van der Waals surface area contributed by atoms with Crippen LogP contribution in [-0.4, -0.2) is 23.5 Å². The lowest BCUT2D eigenvalue weighted by atomic mass is 10.2. The molecule has 1 aliphatic carbocycles. The number of amides is 1. The molecule has 0 bridgehead atoms. The number of carbonyl (C=O) groups excluding carboxylic acids is 1. The molecular weight excluding hydrogens is 238 g/mol. The van der Waals surface area contributed by atoms with Gasteiger partial charge in [0, 0.05) is 6.04 Å². The van der Waals surface area contributed by atoms with E-state index in [1.165, 1.54) is 6.07 Å². The third kappa shape index (κ3) is 1.94. The zero-order chi connectivity index (χ0) is 12.7. The van der Waals surface area contributed by atoms with Crippen molar-refractivity contribution in [3.8, 4) is 5.75 Å². The van der Waals surface area contributed by atoms with Crippen LogP contribution in [0.3, 0.4) is 0 Å². The smallest absolute Gasteiger partial charge is 0.296 e. The van der Waals surface area contributed by atoms with Gasteiger partial charge in [-0.2, -0.15) is 0 Å². The Morgan fingerprint density at radius 3 is 2.89 bits per heavy atom. The minimum atomic E-state index is -0.454. The third-order valence-electron chi connectivity index (χ3n) is 2.86. The quantitative estimate of drug-likeness (QED) is 0.625. The molecule has 7 heteroatoms. The summed E-state index contributed by atoms with van der Waals surface area (Å²) in [6.45, 7) is -0.112. The fourth-order valence-electron chi connectivity index (χ4n) is 1.83. The van der Waals surface area contributed by atoms with E-state index in [0.29, 0.717) is 23.2 Å². The summed E-state index contributed by atoms with van der Waals surface area (Å²) < 4.78 is 5.16. The normalized spacial score (nSPS) is 17.4. The number of nitrogens with zero attached hydrogens (tertiary/aromatic N) is 1. The monoisotopic (exact) mass is 249 g/mol. The van der Waals surface area contributed by atoms with Crippen molar-refractivity contribution in [3.63, 3.8) is 0 Å². The molecule has 18 heavy (non-hydrogen) atoms. The highest BCUT2D eigenvalue weighted by molar-refractivity contribution is 5.96. The molecule has 0 spiro atoms. The summed E-state index contributed by atoms with van der Waals surface area (Å²) in [5.41, 5.74) is 0.865. The summed E-state index contributed by atoms with van der Waals surface area (Å²) in [6.07, 6.45) is 2.02. The van der Waals surface area contributed by atoms with Gasteiger partial charge in [-0.05, 0) is 18.9 Å². The van der Waals surface area contributed by atoms with Crippen LogP contribution in [0.1, 0.15) is 12.8 Å². The van der Waals surface area contributed by atoms with E-state index in [-0.39, 0.29) is 18.2 Å². The highest BCUT2D eigenvalue weighted by Gasteiger charge is 2.28. The number of hydrogen-bond acceptors (Lipinski definition) is 5. The van der Waals surface area contributed by atoms with Gasteiger partial charge in [0.25, 0.3) is 11.6 Å². The van der Waals surface area contributed by atoms with Crippen molar-refractivity contribution in [2.45, 2.75) is 18.9 Å². The Kier molecular flexibility index (Phi) is 2.32. The number of carbonyl (C=O) groups is 1. The van der Waals surface area contributed by atoms with Crippen LogP contribution >= 0.6 is 0 Å². The van der Waals surface area contributed by atoms with Crippen LogP contribution in [0.5, 0.6) is 5.75 Å². The molecule has 2 aliphatic rings. The highest BCUT2D eigenvalue weighted by Crippen LogP contribution is 2.39. The second kappa shape index (κ2) is 3.86. The van der Waals surface area contributed by atoms with Crippen LogP contribution in [0.25, 0.3) is 0 Å². The average molecular weight is 249 g/mol. The molecule has 0 atom stereocenters. The second-order valence-corrected chi connectivity index (χ2v) is 4.38. The summed E-state index contributed by atoms with van der Waals surface area (Å²) in [7, 11) is 0. The van der Waals surface area contributed by atoms with Gasteiger partial charge in [-0.1, -0.05) is 0 Å². The first-order chi connectivity index (χ1) is 8.63. The number of hydrogen-bond donors (Lipinski definition) is 2. The Morgan fingerprint density at radius 1 is 1.44 bits per heavy atom. The molecule has 0 saturated heterocycles. The first-order valence-electron chi connectivity index (χ1n) is 5.65. The van der Waals surface area contributed by atoms with Crippen LogP contribution in [0.15, 0.2) is 12.1 Å². The second-order valence-electron chi connectivity index (χ2n) is 4.38. The molecule has 1 aromatic carbocycles. The van der Waals surface area contributed by atoms with Gasteiger partial charge in [-0.3, -0.25) is 14.9 Å². The molecule has 1 saturated carbocycles. The average Bonchev–Trinajstić information content (AvgIpc) is 3.11. The molecular formula is C11H11N3O4. The van der Waals surface area contributed by atoms with Gasteiger partial charge in [-0.15, -0.1) is 0 Å². The first-order valence-corrected chi connectivity index (χ1v) is 5.65. The maximum Gasteiger partial charge on any atom is 0.296 e. The number of ether oxygens (including phenoxy) is 1. The van der Waals surface area contributed by atoms with Crippen molar-refractivity contribution in [1.29, 1.82) is 0 Å². The van der Waals surface area contributed by atoms with E-state index in [4.69, 9.17) is 4.74 Å². The van der Waals surface area contributed by atoms with Crippen LogP contribution in [0.4, 0.5) is 17.1 Å². The fourth-order valence-corrected chi connectivity index (χ4v) is 1.83. The van der Waals surface area contributed by atoms with E-state index in [2.05, 4.69) is 10.6 Å². The largest absolute Gasteiger partial charge is 0.481 e. The number of nitro groups is 1. The van der Waals surface area contributed by atoms with Crippen molar-refractivity contribution in [2.24, 2.45) is 0 Å². The summed E-state index contributed by atoms with van der Waals surface area (Å²) >= 11 is 0. The molecule has 0 aromatic heterocycles. The van der Waals surface area contributed by atoms with E-state index < -0.39 is 4.92 Å². The molecule has 0 radical (unpaired) electrons. The van der Waals surface area contributed by atoms with Crippen molar-refractivity contribution in [1.82, 2.24) is 0 Å². The van der Waals surface area contributed by atoms with E-state index >= 15 is 0 Å². The maximum atomic E-state index is 11.2. The predicted molar refractivity (Wildman–Crippen MR) is 63.9 cm³/mol. The van der Waals surface area contributed by atoms with Crippen LogP contribution < -0.4 is 15.4 Å². The minimum absolute atomic E-state index is 0.0307. The van der Waals surface area contributed by atoms with Crippen LogP contribution in [0, 0.1) is 10.1 Å². The lowest BCUT2D eigenvalue weighted by Crippen LogP contribution is -2.25. The van der Waals surface area contributed by atoms with Gasteiger partial charge >= 0.3 is 0 Å². The Hall–Kier alpha value is -2.31. The molecule has 1 amide bonds. The molecule has 3 rings (SSSR count). The molecule has 94 valence electrons. The Bertz CT molecular complexity index is 539. The minimum Gasteiger partial charge on any atom is -0.481 e. The lowest BCUT2D eigenvalue weighted by Gasteiger charge is -2.19. The topological polar surface area (TPSA) is 93.5 Å². The summed E-state index contributed by atoms with van der Waals surface area (Å²) in [4.78, 5) is 21.7. The van der Waals surface area contributed by atoms with Gasteiger partial charge < -0.3 is 15.4 Å².